The molecule has 1 amide bonds. The molecule has 0 rings (SSSR count). The van der Waals surface area contributed by atoms with Crippen LogP contribution in [-0.4, -0.2) is 25.2 Å². The van der Waals surface area contributed by atoms with Crippen molar-refractivity contribution in [3.63, 3.8) is 0 Å². The van der Waals surface area contributed by atoms with Crippen LogP contribution >= 0.6 is 0 Å². The fourth-order valence-corrected chi connectivity index (χ4v) is 0.441. The van der Waals surface area contributed by atoms with Gasteiger partial charge in [-0.1, -0.05) is 12.2 Å². The smallest absolute Gasteiger partial charge is 0.236 e. The molecule has 0 aliphatic carbocycles. The molecule has 0 aromatic rings. The van der Waals surface area contributed by atoms with E-state index in [1.54, 1.807) is 0 Å². The highest BCUT2D eigenvalue weighted by atomic mass is 16.5. The van der Waals surface area contributed by atoms with Crippen molar-refractivity contribution in [3.8, 4) is 0 Å². The molecule has 11 heavy (non-hydrogen) atoms. The Labute approximate surface area is 66.2 Å². The minimum atomic E-state index is -0.694. The van der Waals surface area contributed by atoms with Gasteiger partial charge in [0.05, 0.1) is 13.2 Å². The van der Waals surface area contributed by atoms with Crippen LogP contribution in [0.2, 0.25) is 0 Å². The highest BCUT2D eigenvalue weighted by Crippen LogP contribution is 1.81. The van der Waals surface area contributed by atoms with Crippen molar-refractivity contribution in [3.05, 3.63) is 12.2 Å². The molecule has 0 aliphatic rings. The summed E-state index contributed by atoms with van der Waals surface area (Å²) in [4.78, 5) is 10.4. The highest BCUT2D eigenvalue weighted by molar-refractivity contribution is 5.79. The molecule has 4 N–H and O–H groups in total. The molecule has 0 aromatic carbocycles. The highest BCUT2D eigenvalue weighted by Gasteiger charge is 2.07. The number of hydrogen-bond acceptors (Lipinski definition) is 3. The van der Waals surface area contributed by atoms with E-state index in [1.807, 2.05) is 19.1 Å². The van der Waals surface area contributed by atoms with Gasteiger partial charge in [-0.3, -0.25) is 4.79 Å². The zero-order valence-electron chi connectivity index (χ0n) is 6.62. The summed E-state index contributed by atoms with van der Waals surface area (Å²) in [7, 11) is 0. The first-order valence-corrected chi connectivity index (χ1v) is 3.42. The van der Waals surface area contributed by atoms with Gasteiger partial charge in [0.25, 0.3) is 0 Å². The minimum absolute atomic E-state index is 0.180. The molecule has 64 valence electrons. The lowest BCUT2D eigenvalue weighted by atomic mass is 10.3. The van der Waals surface area contributed by atoms with Crippen LogP contribution in [0.1, 0.15) is 6.92 Å². The lowest BCUT2D eigenvalue weighted by Gasteiger charge is -2.05. The average molecular weight is 158 g/mol. The maximum Gasteiger partial charge on any atom is 0.236 e. The van der Waals surface area contributed by atoms with Crippen molar-refractivity contribution in [2.45, 2.75) is 13.0 Å². The third-order valence-corrected chi connectivity index (χ3v) is 1.11. The fourth-order valence-electron chi connectivity index (χ4n) is 0.441. The van der Waals surface area contributed by atoms with Crippen molar-refractivity contribution in [1.82, 2.24) is 0 Å². The number of ether oxygens (including phenoxy) is 1. The van der Waals surface area contributed by atoms with E-state index in [0.29, 0.717) is 6.61 Å². The number of allylic oxidation sites excluding steroid dienone is 1. The lowest BCUT2D eigenvalue weighted by molar-refractivity contribution is -0.120. The van der Waals surface area contributed by atoms with E-state index in [2.05, 4.69) is 0 Å². The zero-order chi connectivity index (χ0) is 8.69. The first kappa shape index (κ1) is 10.1. The normalized spacial score (nSPS) is 13.6. The number of rotatable bonds is 5. The topological polar surface area (TPSA) is 78.3 Å². The van der Waals surface area contributed by atoms with Crippen LogP contribution in [0.15, 0.2) is 12.2 Å². The third-order valence-electron chi connectivity index (χ3n) is 1.11. The quantitative estimate of drug-likeness (QED) is 0.414. The lowest BCUT2D eigenvalue weighted by Crippen LogP contribution is -2.40. The van der Waals surface area contributed by atoms with E-state index < -0.39 is 11.9 Å². The number of hydrogen-bond donors (Lipinski definition) is 2. The molecule has 0 aromatic heterocycles. The van der Waals surface area contributed by atoms with Gasteiger partial charge in [-0.25, -0.2) is 0 Å². The molecule has 1 atom stereocenters. The Balaban J connectivity index is 3.31. The minimum Gasteiger partial charge on any atom is -0.375 e. The first-order valence-electron chi connectivity index (χ1n) is 3.42. The number of carbonyl (C=O) groups excluding carboxylic acids is 1. The Kier molecular flexibility index (Phi) is 5.42. The van der Waals surface area contributed by atoms with Gasteiger partial charge in [-0.05, 0) is 6.92 Å². The number of nitrogens with two attached hydrogens (primary N) is 2. The SMILES string of the molecule is C/C=C/COCC(N)C(N)=O. The standard InChI is InChI=1S/C7H14N2O2/c1-2-3-4-11-5-6(8)7(9)10/h2-3,6H,4-5,8H2,1H3,(H2,9,10)/b3-2+. The van der Waals surface area contributed by atoms with Gasteiger partial charge in [-0.15, -0.1) is 0 Å². The number of amides is 1. The summed E-state index contributed by atoms with van der Waals surface area (Å²) in [6.07, 6.45) is 3.68. The summed E-state index contributed by atoms with van der Waals surface area (Å²) < 4.78 is 4.98. The molecule has 0 spiro atoms. The van der Waals surface area contributed by atoms with E-state index in [4.69, 9.17) is 16.2 Å². The van der Waals surface area contributed by atoms with Crippen molar-refractivity contribution in [2.75, 3.05) is 13.2 Å². The zero-order valence-corrected chi connectivity index (χ0v) is 6.62. The average Bonchev–Trinajstić information content (AvgIpc) is 1.97. The molecular weight excluding hydrogens is 144 g/mol. The van der Waals surface area contributed by atoms with Gasteiger partial charge in [0.2, 0.25) is 5.91 Å². The van der Waals surface area contributed by atoms with Gasteiger partial charge in [0, 0.05) is 0 Å². The molecule has 0 saturated heterocycles. The van der Waals surface area contributed by atoms with Crippen LogP contribution in [0.3, 0.4) is 0 Å². The molecule has 0 bridgehead atoms. The summed E-state index contributed by atoms with van der Waals surface area (Å²) in [6, 6.07) is -0.694. The maximum atomic E-state index is 10.4. The van der Waals surface area contributed by atoms with Gasteiger partial charge < -0.3 is 16.2 Å². The van der Waals surface area contributed by atoms with E-state index in [1.165, 1.54) is 0 Å². The number of primary amides is 1. The Morgan fingerprint density at radius 3 is 2.82 bits per heavy atom. The van der Waals surface area contributed by atoms with Crippen molar-refractivity contribution < 1.29 is 9.53 Å². The largest absolute Gasteiger partial charge is 0.375 e. The van der Waals surface area contributed by atoms with E-state index in [0.717, 1.165) is 0 Å². The Hall–Kier alpha value is -0.870. The second-order valence-corrected chi connectivity index (χ2v) is 2.12. The Bertz CT molecular complexity index is 145. The van der Waals surface area contributed by atoms with Crippen molar-refractivity contribution in [1.29, 1.82) is 0 Å². The van der Waals surface area contributed by atoms with Crippen molar-refractivity contribution >= 4 is 5.91 Å². The van der Waals surface area contributed by atoms with E-state index in [-0.39, 0.29) is 6.61 Å². The summed E-state index contributed by atoms with van der Waals surface area (Å²) >= 11 is 0. The first-order chi connectivity index (χ1) is 5.18. The monoisotopic (exact) mass is 158 g/mol. The van der Waals surface area contributed by atoms with Gasteiger partial charge in [0.15, 0.2) is 0 Å². The summed E-state index contributed by atoms with van der Waals surface area (Å²) in [5, 5.41) is 0. The number of carbonyl (C=O) groups is 1. The van der Waals surface area contributed by atoms with E-state index in [9.17, 15) is 4.79 Å². The molecule has 0 aliphatic heterocycles. The van der Waals surface area contributed by atoms with Crippen LogP contribution in [0.5, 0.6) is 0 Å². The summed E-state index contributed by atoms with van der Waals surface area (Å²) in [5.41, 5.74) is 10.2. The molecule has 0 saturated carbocycles. The van der Waals surface area contributed by atoms with Crippen LogP contribution < -0.4 is 11.5 Å². The molecule has 0 fully saturated rings. The predicted octanol–water partition coefficient (Wildman–Crippen LogP) is -0.608. The second kappa shape index (κ2) is 5.88. The third kappa shape index (κ3) is 5.57. The van der Waals surface area contributed by atoms with Gasteiger partial charge >= 0.3 is 0 Å². The van der Waals surface area contributed by atoms with E-state index >= 15 is 0 Å². The van der Waals surface area contributed by atoms with Crippen LogP contribution in [0, 0.1) is 0 Å². The van der Waals surface area contributed by atoms with Crippen molar-refractivity contribution in [2.24, 2.45) is 11.5 Å². The maximum absolute atomic E-state index is 10.4. The van der Waals surface area contributed by atoms with Crippen LogP contribution in [0.4, 0.5) is 0 Å². The molecule has 4 nitrogen and oxygen atoms in total. The van der Waals surface area contributed by atoms with Gasteiger partial charge in [0.1, 0.15) is 6.04 Å². The fraction of sp³-hybridized carbons (Fsp3) is 0.571. The summed E-state index contributed by atoms with van der Waals surface area (Å²) in [6.45, 7) is 2.54. The van der Waals surface area contributed by atoms with Gasteiger partial charge in [-0.2, -0.15) is 0 Å². The Morgan fingerprint density at radius 2 is 2.36 bits per heavy atom. The Morgan fingerprint density at radius 1 is 1.73 bits per heavy atom. The molecule has 0 radical (unpaired) electrons. The second-order valence-electron chi connectivity index (χ2n) is 2.12. The molecule has 1 unspecified atom stereocenters. The predicted molar refractivity (Wildman–Crippen MR) is 42.8 cm³/mol. The van der Waals surface area contributed by atoms with Crippen LogP contribution in [-0.2, 0) is 9.53 Å². The molecular formula is C7H14N2O2. The molecule has 4 heteroatoms. The summed E-state index contributed by atoms with van der Waals surface area (Å²) in [5.74, 6) is -0.537. The van der Waals surface area contributed by atoms with Crippen LogP contribution in [0.25, 0.3) is 0 Å². The molecule has 0 heterocycles.